The number of methoxy groups -OCH3 is 2. The third-order valence-corrected chi connectivity index (χ3v) is 7.35. The summed E-state index contributed by atoms with van der Waals surface area (Å²) in [5.74, 6) is 2.23. The molecule has 0 radical (unpaired) electrons. The fraction of sp³-hybridized carbons (Fsp3) is 0.450. The van der Waals surface area contributed by atoms with Gasteiger partial charge in [0, 0.05) is 32.4 Å². The second-order valence-electron chi connectivity index (χ2n) is 7.11. The molecule has 7 nitrogen and oxygen atoms in total. The van der Waals surface area contributed by atoms with Crippen molar-refractivity contribution in [1.82, 2.24) is 9.29 Å². The van der Waals surface area contributed by atoms with Crippen LogP contribution in [0.25, 0.3) is 0 Å². The zero-order chi connectivity index (χ0) is 19.7. The Morgan fingerprint density at radius 3 is 2.25 bits per heavy atom. The van der Waals surface area contributed by atoms with Crippen LogP contribution in [-0.4, -0.2) is 51.6 Å². The van der Waals surface area contributed by atoms with Crippen LogP contribution in [0.15, 0.2) is 35.4 Å². The van der Waals surface area contributed by atoms with Crippen molar-refractivity contribution in [2.24, 2.45) is 0 Å². The van der Waals surface area contributed by atoms with Gasteiger partial charge in [-0.1, -0.05) is 0 Å². The molecular formula is C20H25N3O4S. The van der Waals surface area contributed by atoms with Crippen LogP contribution in [-0.2, 0) is 23.0 Å². The molecule has 28 heavy (non-hydrogen) atoms. The Balaban J connectivity index is 1.54. The number of benzene rings is 1. The molecule has 0 N–H and O–H groups in total. The molecule has 0 unspecified atom stereocenters. The van der Waals surface area contributed by atoms with Crippen LogP contribution in [0.3, 0.4) is 0 Å². The maximum atomic E-state index is 12.7. The number of rotatable bonds is 5. The molecule has 150 valence electrons. The van der Waals surface area contributed by atoms with Gasteiger partial charge in [0.25, 0.3) is 0 Å². The standard InChI is InChI=1S/C20H25N3O4S/c1-26-18-11-15-7-10-22(14-16(15)12-19(18)27-2)20-6-5-17(13-21-20)28(24,25)23-8-3-4-9-23/h5-6,11-13H,3-4,7-10,14H2,1-2H3. The van der Waals surface area contributed by atoms with E-state index in [1.807, 2.05) is 12.1 Å². The Morgan fingerprint density at radius 1 is 0.964 bits per heavy atom. The van der Waals surface area contributed by atoms with Gasteiger partial charge in [0.1, 0.15) is 10.7 Å². The molecule has 2 aromatic rings. The lowest BCUT2D eigenvalue weighted by atomic mass is 9.99. The summed E-state index contributed by atoms with van der Waals surface area (Å²) in [5, 5.41) is 0. The van der Waals surface area contributed by atoms with Crippen molar-refractivity contribution in [3.8, 4) is 11.5 Å². The number of pyridine rings is 1. The number of hydrogen-bond acceptors (Lipinski definition) is 6. The molecule has 0 bridgehead atoms. The first kappa shape index (κ1) is 19.0. The molecule has 0 amide bonds. The van der Waals surface area contributed by atoms with Gasteiger partial charge in [-0.25, -0.2) is 13.4 Å². The number of aromatic nitrogens is 1. The van der Waals surface area contributed by atoms with Gasteiger partial charge in [0.05, 0.1) is 14.2 Å². The Hall–Kier alpha value is -2.32. The van der Waals surface area contributed by atoms with Gasteiger partial charge in [0.15, 0.2) is 11.5 Å². The van der Waals surface area contributed by atoms with E-state index in [0.717, 1.165) is 37.4 Å². The minimum atomic E-state index is -3.43. The monoisotopic (exact) mass is 403 g/mol. The molecule has 1 fully saturated rings. The van der Waals surface area contributed by atoms with Gasteiger partial charge in [-0.2, -0.15) is 4.31 Å². The molecule has 0 aliphatic carbocycles. The third kappa shape index (κ3) is 3.42. The Labute approximate surface area is 165 Å². The average molecular weight is 404 g/mol. The van der Waals surface area contributed by atoms with Gasteiger partial charge < -0.3 is 14.4 Å². The van der Waals surface area contributed by atoms with Gasteiger partial charge in [-0.05, 0) is 54.7 Å². The average Bonchev–Trinajstić information content (AvgIpc) is 3.28. The Bertz CT molecular complexity index is 954. The summed E-state index contributed by atoms with van der Waals surface area (Å²) in [6, 6.07) is 7.51. The maximum Gasteiger partial charge on any atom is 0.244 e. The second-order valence-corrected chi connectivity index (χ2v) is 9.05. The molecule has 0 atom stereocenters. The highest BCUT2D eigenvalue weighted by Gasteiger charge is 2.28. The van der Waals surface area contributed by atoms with E-state index in [4.69, 9.17) is 9.47 Å². The molecule has 2 aliphatic rings. The minimum absolute atomic E-state index is 0.266. The summed E-state index contributed by atoms with van der Waals surface area (Å²) >= 11 is 0. The number of fused-ring (bicyclic) bond motifs is 1. The van der Waals surface area contributed by atoms with Gasteiger partial charge >= 0.3 is 0 Å². The fourth-order valence-corrected chi connectivity index (χ4v) is 5.33. The highest BCUT2D eigenvalue weighted by molar-refractivity contribution is 7.89. The smallest absolute Gasteiger partial charge is 0.244 e. The number of ether oxygens (including phenoxy) is 2. The summed E-state index contributed by atoms with van der Waals surface area (Å²) in [6.45, 7) is 2.70. The highest BCUT2D eigenvalue weighted by Crippen LogP contribution is 2.34. The van der Waals surface area contributed by atoms with Crippen LogP contribution >= 0.6 is 0 Å². The number of nitrogens with zero attached hydrogens (tertiary/aromatic N) is 3. The van der Waals surface area contributed by atoms with Crippen LogP contribution < -0.4 is 14.4 Å². The summed E-state index contributed by atoms with van der Waals surface area (Å²) < 4.78 is 37.7. The summed E-state index contributed by atoms with van der Waals surface area (Å²) in [4.78, 5) is 6.87. The lowest BCUT2D eigenvalue weighted by molar-refractivity contribution is 0.353. The molecule has 2 aliphatic heterocycles. The number of sulfonamides is 1. The summed E-state index contributed by atoms with van der Waals surface area (Å²) in [5.41, 5.74) is 2.40. The highest BCUT2D eigenvalue weighted by atomic mass is 32.2. The van der Waals surface area contributed by atoms with Crippen LogP contribution in [0.2, 0.25) is 0 Å². The Kier molecular flexibility index (Phi) is 5.16. The molecule has 1 saturated heterocycles. The van der Waals surface area contributed by atoms with Crippen molar-refractivity contribution in [2.45, 2.75) is 30.7 Å². The van der Waals surface area contributed by atoms with Crippen LogP contribution in [0.4, 0.5) is 5.82 Å². The Morgan fingerprint density at radius 2 is 1.64 bits per heavy atom. The van der Waals surface area contributed by atoms with Crippen LogP contribution in [0, 0.1) is 0 Å². The lowest BCUT2D eigenvalue weighted by Crippen LogP contribution is -2.31. The van der Waals surface area contributed by atoms with Crippen molar-refractivity contribution in [1.29, 1.82) is 0 Å². The topological polar surface area (TPSA) is 72.0 Å². The summed E-state index contributed by atoms with van der Waals surface area (Å²) in [7, 11) is -0.159. The second kappa shape index (κ2) is 7.60. The molecule has 0 spiro atoms. The van der Waals surface area contributed by atoms with Crippen LogP contribution in [0.5, 0.6) is 11.5 Å². The van der Waals surface area contributed by atoms with E-state index in [9.17, 15) is 8.42 Å². The van der Waals surface area contributed by atoms with E-state index in [-0.39, 0.29) is 4.90 Å². The van der Waals surface area contributed by atoms with Crippen LogP contribution in [0.1, 0.15) is 24.0 Å². The van der Waals surface area contributed by atoms with Gasteiger partial charge in [0.2, 0.25) is 10.0 Å². The predicted molar refractivity (Wildman–Crippen MR) is 107 cm³/mol. The van der Waals surface area contributed by atoms with Crippen molar-refractivity contribution in [3.63, 3.8) is 0 Å². The first-order valence-electron chi connectivity index (χ1n) is 9.48. The van der Waals surface area contributed by atoms with E-state index < -0.39 is 10.0 Å². The van der Waals surface area contributed by atoms with E-state index in [1.165, 1.54) is 17.3 Å². The first-order chi connectivity index (χ1) is 13.5. The molecule has 0 saturated carbocycles. The fourth-order valence-electron chi connectivity index (χ4n) is 3.87. The van der Waals surface area contributed by atoms with Crippen molar-refractivity contribution in [2.75, 3.05) is 38.8 Å². The predicted octanol–water partition coefficient (Wildman–Crippen LogP) is 2.45. The first-order valence-corrected chi connectivity index (χ1v) is 10.9. The summed E-state index contributed by atoms with van der Waals surface area (Å²) in [6.07, 6.45) is 4.19. The van der Waals surface area contributed by atoms with E-state index in [2.05, 4.69) is 9.88 Å². The minimum Gasteiger partial charge on any atom is -0.493 e. The van der Waals surface area contributed by atoms with E-state index in [1.54, 1.807) is 30.7 Å². The van der Waals surface area contributed by atoms with Gasteiger partial charge in [-0.15, -0.1) is 0 Å². The molecule has 4 rings (SSSR count). The SMILES string of the molecule is COc1cc2c(cc1OC)CN(c1ccc(S(=O)(=O)N3CCCC3)cn1)CC2. The molecule has 3 heterocycles. The van der Waals surface area contributed by atoms with Crippen molar-refractivity contribution < 1.29 is 17.9 Å². The molecule has 1 aromatic heterocycles. The molecule has 1 aromatic carbocycles. The molecule has 8 heteroatoms. The number of anilines is 1. The largest absolute Gasteiger partial charge is 0.493 e. The molecular weight excluding hydrogens is 378 g/mol. The lowest BCUT2D eigenvalue weighted by Gasteiger charge is -2.30. The van der Waals surface area contributed by atoms with E-state index in [0.29, 0.717) is 25.4 Å². The van der Waals surface area contributed by atoms with Crippen molar-refractivity contribution in [3.05, 3.63) is 41.6 Å². The normalized spacial score (nSPS) is 17.4. The quantitative estimate of drug-likeness (QED) is 0.764. The number of hydrogen-bond donors (Lipinski definition) is 0. The zero-order valence-electron chi connectivity index (χ0n) is 16.2. The van der Waals surface area contributed by atoms with E-state index >= 15 is 0 Å². The third-order valence-electron chi connectivity index (χ3n) is 5.47. The zero-order valence-corrected chi connectivity index (χ0v) is 17.0. The maximum absolute atomic E-state index is 12.7. The van der Waals surface area contributed by atoms with Gasteiger partial charge in [-0.3, -0.25) is 0 Å². The van der Waals surface area contributed by atoms with Crippen molar-refractivity contribution >= 4 is 15.8 Å².